The Kier molecular flexibility index (Phi) is 5.03. The van der Waals surface area contributed by atoms with Crippen molar-refractivity contribution in [3.63, 3.8) is 0 Å². The number of imidazole rings is 1. The molecule has 2 aromatic rings. The summed E-state index contributed by atoms with van der Waals surface area (Å²) in [5, 5.41) is 10.6. The molecule has 1 N–H and O–H groups in total. The van der Waals surface area contributed by atoms with Crippen LogP contribution >= 0.6 is 0 Å². The number of nitrogens with zero attached hydrogens (tertiary/aromatic N) is 3. The van der Waals surface area contributed by atoms with Gasteiger partial charge in [-0.15, -0.1) is 0 Å². The standard InChI is InChI=1S/C17H23N3O3S/c1-19-11-9-18-17(19)16(21)15-8-5-10-20(12-15)24(22,23)13-14-6-3-2-4-7-14/h2-4,6-7,9,11,15-16,21H,5,8,10,12-13H2,1H3. The van der Waals surface area contributed by atoms with Crippen LogP contribution < -0.4 is 0 Å². The molecule has 24 heavy (non-hydrogen) atoms. The van der Waals surface area contributed by atoms with E-state index < -0.39 is 16.1 Å². The monoisotopic (exact) mass is 349 g/mol. The summed E-state index contributed by atoms with van der Waals surface area (Å²) in [6.45, 7) is 0.849. The zero-order chi connectivity index (χ0) is 17.2. The maximum absolute atomic E-state index is 12.7. The van der Waals surface area contributed by atoms with Crippen LogP contribution in [-0.2, 0) is 22.8 Å². The molecule has 0 radical (unpaired) electrons. The molecule has 1 saturated heterocycles. The van der Waals surface area contributed by atoms with Gasteiger partial charge in [0.2, 0.25) is 10.0 Å². The molecule has 1 aliphatic heterocycles. The molecule has 1 fully saturated rings. The number of aromatic nitrogens is 2. The summed E-state index contributed by atoms with van der Waals surface area (Å²) in [4.78, 5) is 4.19. The highest BCUT2D eigenvalue weighted by Crippen LogP contribution is 2.30. The Bertz CT molecular complexity index is 773. The van der Waals surface area contributed by atoms with Gasteiger partial charge in [-0.25, -0.2) is 17.7 Å². The molecule has 2 unspecified atom stereocenters. The predicted molar refractivity (Wildman–Crippen MR) is 91.5 cm³/mol. The lowest BCUT2D eigenvalue weighted by atomic mass is 9.93. The molecule has 7 heteroatoms. The van der Waals surface area contributed by atoms with Crippen LogP contribution in [0.25, 0.3) is 0 Å². The maximum atomic E-state index is 12.7. The zero-order valence-electron chi connectivity index (χ0n) is 13.7. The third-order valence-electron chi connectivity index (χ3n) is 4.58. The quantitative estimate of drug-likeness (QED) is 0.891. The molecule has 130 valence electrons. The van der Waals surface area contributed by atoms with Crippen molar-refractivity contribution in [1.82, 2.24) is 13.9 Å². The summed E-state index contributed by atoms with van der Waals surface area (Å²) in [6.07, 6.45) is 4.22. The largest absolute Gasteiger partial charge is 0.385 e. The molecule has 6 nitrogen and oxygen atoms in total. The fourth-order valence-corrected chi connectivity index (χ4v) is 4.86. The van der Waals surface area contributed by atoms with Gasteiger partial charge in [-0.2, -0.15) is 0 Å². The first-order chi connectivity index (χ1) is 11.5. The highest BCUT2D eigenvalue weighted by molar-refractivity contribution is 7.88. The molecule has 0 aliphatic carbocycles. The van der Waals surface area contributed by atoms with Crippen LogP contribution in [0.1, 0.15) is 30.3 Å². The van der Waals surface area contributed by atoms with Crippen molar-refractivity contribution in [3.05, 3.63) is 54.1 Å². The Morgan fingerprint density at radius 1 is 1.33 bits per heavy atom. The van der Waals surface area contributed by atoms with Crippen LogP contribution in [0, 0.1) is 5.92 Å². The molecule has 0 spiro atoms. The van der Waals surface area contributed by atoms with Crippen molar-refractivity contribution in [2.24, 2.45) is 13.0 Å². The van der Waals surface area contributed by atoms with Gasteiger partial charge in [0.1, 0.15) is 11.9 Å². The van der Waals surface area contributed by atoms with Gasteiger partial charge in [0, 0.05) is 38.4 Å². The molecule has 3 rings (SSSR count). The van der Waals surface area contributed by atoms with Gasteiger partial charge >= 0.3 is 0 Å². The first-order valence-corrected chi connectivity index (χ1v) is 9.75. The van der Waals surface area contributed by atoms with E-state index in [1.807, 2.05) is 37.4 Å². The summed E-state index contributed by atoms with van der Waals surface area (Å²) in [5.41, 5.74) is 0.782. The number of benzene rings is 1. The zero-order valence-corrected chi connectivity index (χ0v) is 14.6. The molecular formula is C17H23N3O3S. The third kappa shape index (κ3) is 3.68. The minimum atomic E-state index is -3.39. The summed E-state index contributed by atoms with van der Waals surface area (Å²) in [6, 6.07) is 9.20. The number of piperidine rings is 1. The van der Waals surface area contributed by atoms with Gasteiger partial charge in [0.25, 0.3) is 0 Å². The van der Waals surface area contributed by atoms with E-state index >= 15 is 0 Å². The maximum Gasteiger partial charge on any atom is 0.218 e. The predicted octanol–water partition coefficient (Wildman–Crippen LogP) is 1.70. The van der Waals surface area contributed by atoms with E-state index in [9.17, 15) is 13.5 Å². The summed E-state index contributed by atoms with van der Waals surface area (Å²) in [5.74, 6) is 0.451. The van der Waals surface area contributed by atoms with Crippen LogP contribution in [0.3, 0.4) is 0 Å². The number of aryl methyl sites for hydroxylation is 1. The van der Waals surface area contributed by atoms with Crippen molar-refractivity contribution in [2.75, 3.05) is 13.1 Å². The minimum Gasteiger partial charge on any atom is -0.385 e. The fourth-order valence-electron chi connectivity index (χ4n) is 3.23. The van der Waals surface area contributed by atoms with Crippen LogP contribution in [-0.4, -0.2) is 40.5 Å². The molecule has 0 bridgehead atoms. The Hall–Kier alpha value is -1.70. The van der Waals surface area contributed by atoms with Crippen molar-refractivity contribution in [1.29, 1.82) is 0 Å². The van der Waals surface area contributed by atoms with Crippen molar-refractivity contribution >= 4 is 10.0 Å². The third-order valence-corrected chi connectivity index (χ3v) is 6.39. The molecule has 0 amide bonds. The first-order valence-electron chi connectivity index (χ1n) is 8.14. The molecule has 1 aliphatic rings. The van der Waals surface area contributed by atoms with Crippen LogP contribution in [0.15, 0.2) is 42.7 Å². The first kappa shape index (κ1) is 17.1. The van der Waals surface area contributed by atoms with E-state index in [2.05, 4.69) is 4.98 Å². The van der Waals surface area contributed by atoms with Gasteiger partial charge in [-0.1, -0.05) is 30.3 Å². The second-order valence-electron chi connectivity index (χ2n) is 6.34. The Morgan fingerprint density at radius 2 is 2.08 bits per heavy atom. The average Bonchev–Trinajstić information content (AvgIpc) is 3.01. The van der Waals surface area contributed by atoms with Crippen molar-refractivity contribution in [2.45, 2.75) is 24.7 Å². The smallest absolute Gasteiger partial charge is 0.218 e. The van der Waals surface area contributed by atoms with Crippen molar-refractivity contribution in [3.8, 4) is 0 Å². The van der Waals surface area contributed by atoms with Gasteiger partial charge in [-0.3, -0.25) is 0 Å². The van der Waals surface area contributed by atoms with E-state index in [1.165, 1.54) is 4.31 Å². The lowest BCUT2D eigenvalue weighted by Gasteiger charge is -2.34. The fraction of sp³-hybridized carbons (Fsp3) is 0.471. The molecule has 1 aromatic heterocycles. The minimum absolute atomic E-state index is 0.000933. The second-order valence-corrected chi connectivity index (χ2v) is 8.31. The van der Waals surface area contributed by atoms with Gasteiger partial charge in [0.05, 0.1) is 5.75 Å². The average molecular weight is 349 g/mol. The van der Waals surface area contributed by atoms with Gasteiger partial charge in [-0.05, 0) is 18.4 Å². The van der Waals surface area contributed by atoms with Crippen molar-refractivity contribution < 1.29 is 13.5 Å². The normalized spacial score (nSPS) is 20.8. The number of rotatable bonds is 5. The molecule has 2 heterocycles. The van der Waals surface area contributed by atoms with Crippen LogP contribution in [0.4, 0.5) is 0 Å². The lowest BCUT2D eigenvalue weighted by Crippen LogP contribution is -2.42. The van der Waals surface area contributed by atoms with E-state index in [0.29, 0.717) is 18.9 Å². The van der Waals surface area contributed by atoms with Gasteiger partial charge < -0.3 is 9.67 Å². The molecular weight excluding hydrogens is 326 g/mol. The SMILES string of the molecule is Cn1ccnc1C(O)C1CCCN(S(=O)(=O)Cc2ccccc2)C1. The van der Waals surface area contributed by atoms with Crippen LogP contribution in [0.5, 0.6) is 0 Å². The molecule has 2 atom stereocenters. The Morgan fingerprint density at radius 3 is 2.75 bits per heavy atom. The number of hydrogen-bond donors (Lipinski definition) is 1. The lowest BCUT2D eigenvalue weighted by molar-refractivity contribution is 0.0645. The van der Waals surface area contributed by atoms with E-state index in [-0.39, 0.29) is 11.7 Å². The van der Waals surface area contributed by atoms with Crippen LogP contribution in [0.2, 0.25) is 0 Å². The summed E-state index contributed by atoms with van der Waals surface area (Å²) >= 11 is 0. The molecule has 1 aromatic carbocycles. The van der Waals surface area contributed by atoms with E-state index in [1.54, 1.807) is 17.0 Å². The van der Waals surface area contributed by atoms with E-state index in [4.69, 9.17) is 0 Å². The number of sulfonamides is 1. The molecule has 0 saturated carbocycles. The second kappa shape index (κ2) is 7.04. The summed E-state index contributed by atoms with van der Waals surface area (Å²) < 4.78 is 28.7. The highest BCUT2D eigenvalue weighted by Gasteiger charge is 2.34. The highest BCUT2D eigenvalue weighted by atomic mass is 32.2. The van der Waals surface area contributed by atoms with Gasteiger partial charge in [0.15, 0.2) is 0 Å². The summed E-state index contributed by atoms with van der Waals surface area (Å²) in [7, 11) is -1.56. The number of aliphatic hydroxyl groups excluding tert-OH is 1. The number of aliphatic hydroxyl groups is 1. The van der Waals surface area contributed by atoms with E-state index in [0.717, 1.165) is 18.4 Å². The topological polar surface area (TPSA) is 75.4 Å². The number of hydrogen-bond acceptors (Lipinski definition) is 4. The Balaban J connectivity index is 1.72. The Labute approximate surface area is 142 Å².